The van der Waals surface area contributed by atoms with E-state index in [4.69, 9.17) is 5.11 Å². The SMILES string of the molecule is CN1CCCC(c2nc(/C=C/C(=O)O)cs2)C1. The molecule has 1 aromatic heterocycles. The van der Waals surface area contributed by atoms with Crippen LogP contribution in [-0.4, -0.2) is 41.1 Å². The minimum absolute atomic E-state index is 0.505. The zero-order chi connectivity index (χ0) is 12.3. The van der Waals surface area contributed by atoms with Gasteiger partial charge in [-0.3, -0.25) is 0 Å². The lowest BCUT2D eigenvalue weighted by Gasteiger charge is -2.28. The summed E-state index contributed by atoms with van der Waals surface area (Å²) in [7, 11) is 2.13. The number of likely N-dealkylation sites (N-methyl/N-ethyl adjacent to an activating group) is 1. The number of aromatic nitrogens is 1. The second-order valence-corrected chi connectivity index (χ2v) is 5.27. The fourth-order valence-electron chi connectivity index (χ4n) is 2.09. The van der Waals surface area contributed by atoms with Gasteiger partial charge in [0.1, 0.15) is 0 Å². The van der Waals surface area contributed by atoms with Gasteiger partial charge >= 0.3 is 5.97 Å². The number of likely N-dealkylation sites (tertiary alicyclic amines) is 1. The first-order valence-corrected chi connectivity index (χ1v) is 6.58. The summed E-state index contributed by atoms with van der Waals surface area (Å²) in [5.41, 5.74) is 0.751. The maximum atomic E-state index is 10.4. The molecule has 0 radical (unpaired) electrons. The van der Waals surface area contributed by atoms with E-state index >= 15 is 0 Å². The summed E-state index contributed by atoms with van der Waals surface area (Å²) in [5, 5.41) is 11.6. The van der Waals surface area contributed by atoms with E-state index in [9.17, 15) is 4.79 Å². The Morgan fingerprint density at radius 3 is 3.24 bits per heavy atom. The van der Waals surface area contributed by atoms with E-state index in [-0.39, 0.29) is 0 Å². The van der Waals surface area contributed by atoms with E-state index < -0.39 is 5.97 Å². The molecule has 1 unspecified atom stereocenters. The number of carboxylic acids is 1. The molecule has 2 heterocycles. The molecule has 1 saturated heterocycles. The summed E-state index contributed by atoms with van der Waals surface area (Å²) < 4.78 is 0. The van der Waals surface area contributed by atoms with Crippen LogP contribution in [0, 0.1) is 0 Å². The molecule has 4 nitrogen and oxygen atoms in total. The number of thiazole rings is 1. The number of hydrogen-bond donors (Lipinski definition) is 1. The molecular weight excluding hydrogens is 236 g/mol. The maximum absolute atomic E-state index is 10.4. The summed E-state index contributed by atoms with van der Waals surface area (Å²) in [6.07, 6.45) is 5.07. The van der Waals surface area contributed by atoms with Crippen molar-refractivity contribution in [3.63, 3.8) is 0 Å². The topological polar surface area (TPSA) is 53.4 Å². The van der Waals surface area contributed by atoms with Crippen molar-refractivity contribution in [1.29, 1.82) is 0 Å². The van der Waals surface area contributed by atoms with Gasteiger partial charge < -0.3 is 10.0 Å². The van der Waals surface area contributed by atoms with Gasteiger partial charge in [-0.15, -0.1) is 11.3 Å². The standard InChI is InChI=1S/C12H16N2O2S/c1-14-6-2-3-9(7-14)12-13-10(8-17-12)4-5-11(15)16/h4-5,8-9H,2-3,6-7H2,1H3,(H,15,16)/b5-4+. The van der Waals surface area contributed by atoms with Gasteiger partial charge in [0.2, 0.25) is 0 Å². The molecule has 1 aliphatic rings. The third-order valence-corrected chi connectivity index (χ3v) is 3.94. The van der Waals surface area contributed by atoms with Crippen molar-refractivity contribution in [3.05, 3.63) is 22.2 Å². The summed E-state index contributed by atoms with van der Waals surface area (Å²) in [4.78, 5) is 17.2. The van der Waals surface area contributed by atoms with Gasteiger partial charge in [-0.2, -0.15) is 0 Å². The molecule has 1 atom stereocenters. The van der Waals surface area contributed by atoms with Crippen LogP contribution < -0.4 is 0 Å². The quantitative estimate of drug-likeness (QED) is 0.837. The Bertz CT molecular complexity index is 428. The molecule has 0 aliphatic carbocycles. The van der Waals surface area contributed by atoms with Crippen molar-refractivity contribution >= 4 is 23.4 Å². The van der Waals surface area contributed by atoms with Crippen molar-refractivity contribution in [2.75, 3.05) is 20.1 Å². The molecule has 1 N–H and O–H groups in total. The monoisotopic (exact) mass is 252 g/mol. The smallest absolute Gasteiger partial charge is 0.328 e. The van der Waals surface area contributed by atoms with Crippen LogP contribution in [0.3, 0.4) is 0 Å². The number of hydrogen-bond acceptors (Lipinski definition) is 4. The number of carbonyl (C=O) groups is 1. The fourth-order valence-corrected chi connectivity index (χ4v) is 3.01. The predicted octanol–water partition coefficient (Wildman–Crippen LogP) is 2.05. The van der Waals surface area contributed by atoms with E-state index in [0.29, 0.717) is 5.92 Å². The lowest BCUT2D eigenvalue weighted by Crippen LogP contribution is -2.30. The largest absolute Gasteiger partial charge is 0.478 e. The molecule has 17 heavy (non-hydrogen) atoms. The van der Waals surface area contributed by atoms with Crippen LogP contribution in [0.1, 0.15) is 29.5 Å². The molecule has 1 aliphatic heterocycles. The molecule has 0 bridgehead atoms. The van der Waals surface area contributed by atoms with Gasteiger partial charge in [-0.05, 0) is 32.5 Å². The zero-order valence-corrected chi connectivity index (χ0v) is 10.6. The number of piperidine rings is 1. The number of rotatable bonds is 3. The summed E-state index contributed by atoms with van der Waals surface area (Å²) in [6.45, 7) is 2.21. The zero-order valence-electron chi connectivity index (χ0n) is 9.80. The van der Waals surface area contributed by atoms with Gasteiger partial charge in [0.15, 0.2) is 0 Å². The number of aliphatic carboxylic acids is 1. The van der Waals surface area contributed by atoms with Crippen LogP contribution in [0.4, 0.5) is 0 Å². The van der Waals surface area contributed by atoms with E-state index in [1.165, 1.54) is 12.8 Å². The second-order valence-electron chi connectivity index (χ2n) is 4.38. The van der Waals surface area contributed by atoms with E-state index in [2.05, 4.69) is 16.9 Å². The van der Waals surface area contributed by atoms with Crippen LogP contribution in [0.2, 0.25) is 0 Å². The lowest BCUT2D eigenvalue weighted by molar-refractivity contribution is -0.131. The Kier molecular flexibility index (Phi) is 3.91. The summed E-state index contributed by atoms with van der Waals surface area (Å²) >= 11 is 1.63. The minimum Gasteiger partial charge on any atom is -0.478 e. The highest BCUT2D eigenvalue weighted by Crippen LogP contribution is 2.28. The molecule has 5 heteroatoms. The molecule has 1 aromatic rings. The fraction of sp³-hybridized carbons (Fsp3) is 0.500. The first-order valence-electron chi connectivity index (χ1n) is 5.70. The Morgan fingerprint density at radius 2 is 2.53 bits per heavy atom. The highest BCUT2D eigenvalue weighted by Gasteiger charge is 2.21. The molecule has 0 spiro atoms. The first kappa shape index (κ1) is 12.3. The molecule has 0 saturated carbocycles. The number of carboxylic acid groups (broad SMARTS) is 1. The third-order valence-electron chi connectivity index (χ3n) is 2.91. The second kappa shape index (κ2) is 5.42. The molecule has 2 rings (SSSR count). The molecule has 1 fully saturated rings. The first-order chi connectivity index (χ1) is 8.15. The Morgan fingerprint density at radius 1 is 1.71 bits per heavy atom. The van der Waals surface area contributed by atoms with Crippen LogP contribution in [-0.2, 0) is 4.79 Å². The van der Waals surface area contributed by atoms with Gasteiger partial charge in [-0.25, -0.2) is 9.78 Å². The van der Waals surface area contributed by atoms with Gasteiger partial charge in [-0.1, -0.05) is 0 Å². The van der Waals surface area contributed by atoms with Crippen molar-refractivity contribution in [2.24, 2.45) is 0 Å². The van der Waals surface area contributed by atoms with Gasteiger partial charge in [0.25, 0.3) is 0 Å². The van der Waals surface area contributed by atoms with Crippen LogP contribution in [0.5, 0.6) is 0 Å². The highest BCUT2D eigenvalue weighted by atomic mass is 32.1. The molecule has 92 valence electrons. The van der Waals surface area contributed by atoms with Crippen molar-refractivity contribution in [2.45, 2.75) is 18.8 Å². The van der Waals surface area contributed by atoms with Crippen LogP contribution >= 0.6 is 11.3 Å². The van der Waals surface area contributed by atoms with Crippen molar-refractivity contribution in [1.82, 2.24) is 9.88 Å². The molecular formula is C12H16N2O2S. The highest BCUT2D eigenvalue weighted by molar-refractivity contribution is 7.09. The third kappa shape index (κ3) is 3.38. The van der Waals surface area contributed by atoms with Gasteiger partial charge in [0, 0.05) is 23.9 Å². The van der Waals surface area contributed by atoms with E-state index in [1.54, 1.807) is 17.4 Å². The maximum Gasteiger partial charge on any atom is 0.328 e. The molecule has 0 amide bonds. The summed E-state index contributed by atoms with van der Waals surface area (Å²) in [5.74, 6) is -0.428. The molecule has 0 aromatic carbocycles. The lowest BCUT2D eigenvalue weighted by atomic mass is 9.99. The van der Waals surface area contributed by atoms with Crippen molar-refractivity contribution < 1.29 is 9.90 Å². The van der Waals surface area contributed by atoms with Crippen LogP contribution in [0.15, 0.2) is 11.5 Å². The van der Waals surface area contributed by atoms with Crippen LogP contribution in [0.25, 0.3) is 6.08 Å². The van der Waals surface area contributed by atoms with E-state index in [1.807, 2.05) is 5.38 Å². The Labute approximate surface area is 105 Å². The average Bonchev–Trinajstić information content (AvgIpc) is 2.75. The number of nitrogens with zero attached hydrogens (tertiary/aromatic N) is 2. The van der Waals surface area contributed by atoms with Gasteiger partial charge in [0.05, 0.1) is 10.7 Å². The minimum atomic E-state index is -0.933. The average molecular weight is 252 g/mol. The Balaban J connectivity index is 2.04. The Hall–Kier alpha value is -1.20. The normalized spacial score (nSPS) is 22.1. The van der Waals surface area contributed by atoms with E-state index in [0.717, 1.165) is 29.9 Å². The summed E-state index contributed by atoms with van der Waals surface area (Å²) in [6, 6.07) is 0. The van der Waals surface area contributed by atoms with Crippen molar-refractivity contribution in [3.8, 4) is 0 Å². The predicted molar refractivity (Wildman–Crippen MR) is 68.3 cm³/mol.